The van der Waals surface area contributed by atoms with Crippen LogP contribution in [0.1, 0.15) is 5.56 Å². The number of hydrogen-bond acceptors (Lipinski definition) is 5. The molecule has 0 atom stereocenters. The lowest BCUT2D eigenvalue weighted by molar-refractivity contribution is -0.386. The molecular weight excluding hydrogens is 325 g/mol. The van der Waals surface area contributed by atoms with Crippen LogP contribution in [-0.4, -0.2) is 23.4 Å². The third-order valence-electron chi connectivity index (χ3n) is 1.82. The molecule has 100 valence electrons. The Hall–Kier alpha value is -1.58. The Balaban J connectivity index is 3.41. The molecule has 0 spiro atoms. The standard InChI is InChI=1S/C8H6BrF3N2O4/c1-17-7-6(18-8(10,11)12)4(2-9)5(3-13-7)14(15)16/h3H,2H2,1H3. The van der Waals surface area contributed by atoms with Gasteiger partial charge in [-0.25, -0.2) is 4.98 Å². The molecule has 0 fully saturated rings. The third kappa shape index (κ3) is 3.22. The number of pyridine rings is 1. The van der Waals surface area contributed by atoms with E-state index in [2.05, 4.69) is 30.4 Å². The summed E-state index contributed by atoms with van der Waals surface area (Å²) in [4.78, 5) is 13.2. The predicted octanol–water partition coefficient (Wildman–Crippen LogP) is 2.79. The van der Waals surface area contributed by atoms with Crippen LogP contribution in [0.3, 0.4) is 0 Å². The Morgan fingerprint density at radius 2 is 2.17 bits per heavy atom. The number of halogens is 4. The number of nitro groups is 1. The molecule has 0 amide bonds. The van der Waals surface area contributed by atoms with Crippen molar-refractivity contribution >= 4 is 21.6 Å². The summed E-state index contributed by atoms with van der Waals surface area (Å²) in [6, 6.07) is 0. The van der Waals surface area contributed by atoms with Gasteiger partial charge in [0.05, 0.1) is 17.6 Å². The van der Waals surface area contributed by atoms with Gasteiger partial charge in [0.2, 0.25) is 5.75 Å². The molecule has 1 rings (SSSR count). The van der Waals surface area contributed by atoms with Gasteiger partial charge in [0.25, 0.3) is 11.6 Å². The molecule has 0 aliphatic rings. The van der Waals surface area contributed by atoms with E-state index in [4.69, 9.17) is 0 Å². The van der Waals surface area contributed by atoms with Crippen LogP contribution in [0.5, 0.6) is 11.6 Å². The van der Waals surface area contributed by atoms with Gasteiger partial charge in [0.1, 0.15) is 6.20 Å². The molecule has 0 aliphatic carbocycles. The molecule has 6 nitrogen and oxygen atoms in total. The average Bonchev–Trinajstić information content (AvgIpc) is 2.26. The number of ether oxygens (including phenoxy) is 2. The molecule has 0 saturated heterocycles. The minimum Gasteiger partial charge on any atom is -0.478 e. The molecule has 0 aliphatic heterocycles. The van der Waals surface area contributed by atoms with E-state index in [1.165, 1.54) is 0 Å². The molecule has 0 aromatic carbocycles. The molecule has 0 bridgehead atoms. The Morgan fingerprint density at radius 1 is 1.56 bits per heavy atom. The van der Waals surface area contributed by atoms with E-state index in [-0.39, 0.29) is 10.9 Å². The molecule has 1 aromatic heterocycles. The zero-order valence-corrected chi connectivity index (χ0v) is 10.4. The van der Waals surface area contributed by atoms with Crippen molar-refractivity contribution in [3.05, 3.63) is 21.9 Å². The van der Waals surface area contributed by atoms with E-state index in [0.717, 1.165) is 13.3 Å². The first-order valence-corrected chi connectivity index (χ1v) is 5.44. The Bertz CT molecular complexity index is 466. The maximum atomic E-state index is 12.2. The molecule has 1 aromatic rings. The van der Waals surface area contributed by atoms with Crippen LogP contribution in [0.25, 0.3) is 0 Å². The Kier molecular flexibility index (Phi) is 4.33. The first-order valence-electron chi connectivity index (χ1n) is 4.32. The summed E-state index contributed by atoms with van der Waals surface area (Å²) in [7, 11) is 1.08. The van der Waals surface area contributed by atoms with Crippen molar-refractivity contribution in [2.75, 3.05) is 7.11 Å². The lowest BCUT2D eigenvalue weighted by Gasteiger charge is -2.14. The maximum absolute atomic E-state index is 12.2. The summed E-state index contributed by atoms with van der Waals surface area (Å²) in [5.41, 5.74) is -0.892. The highest BCUT2D eigenvalue weighted by Gasteiger charge is 2.36. The van der Waals surface area contributed by atoms with Crippen LogP contribution in [0.4, 0.5) is 18.9 Å². The third-order valence-corrected chi connectivity index (χ3v) is 2.38. The van der Waals surface area contributed by atoms with Crippen molar-refractivity contribution in [2.45, 2.75) is 11.7 Å². The van der Waals surface area contributed by atoms with Crippen molar-refractivity contribution in [3.8, 4) is 11.6 Å². The highest BCUT2D eigenvalue weighted by Crippen LogP contribution is 2.39. The highest BCUT2D eigenvalue weighted by atomic mass is 79.9. The lowest BCUT2D eigenvalue weighted by Crippen LogP contribution is -2.19. The quantitative estimate of drug-likeness (QED) is 0.482. The van der Waals surface area contributed by atoms with Gasteiger partial charge in [-0.05, 0) is 0 Å². The summed E-state index contributed by atoms with van der Waals surface area (Å²) in [5, 5.41) is 10.5. The first-order chi connectivity index (χ1) is 8.30. The van der Waals surface area contributed by atoms with E-state index >= 15 is 0 Å². The fourth-order valence-corrected chi connectivity index (χ4v) is 1.70. The van der Waals surface area contributed by atoms with Gasteiger partial charge in [0, 0.05) is 5.33 Å². The fraction of sp³-hybridized carbons (Fsp3) is 0.375. The molecule has 0 saturated carbocycles. The van der Waals surface area contributed by atoms with Crippen LogP contribution in [0.15, 0.2) is 6.20 Å². The van der Waals surface area contributed by atoms with Crippen LogP contribution < -0.4 is 9.47 Å². The molecule has 0 radical (unpaired) electrons. The average molecular weight is 331 g/mol. The molecule has 10 heteroatoms. The second-order valence-corrected chi connectivity index (χ2v) is 3.46. The number of nitrogens with zero attached hydrogens (tertiary/aromatic N) is 2. The number of rotatable bonds is 4. The summed E-state index contributed by atoms with van der Waals surface area (Å²) in [5.74, 6) is -1.30. The zero-order chi connectivity index (χ0) is 13.9. The van der Waals surface area contributed by atoms with E-state index < -0.39 is 28.6 Å². The number of hydrogen-bond donors (Lipinski definition) is 0. The molecule has 1 heterocycles. The highest BCUT2D eigenvalue weighted by molar-refractivity contribution is 9.08. The summed E-state index contributed by atoms with van der Waals surface area (Å²) >= 11 is 2.86. The largest absolute Gasteiger partial charge is 0.573 e. The van der Waals surface area contributed by atoms with Crippen LogP contribution >= 0.6 is 15.9 Å². The van der Waals surface area contributed by atoms with Crippen molar-refractivity contribution in [3.63, 3.8) is 0 Å². The van der Waals surface area contributed by atoms with Gasteiger partial charge in [-0.2, -0.15) is 0 Å². The molecule has 0 unspecified atom stereocenters. The molecular formula is C8H6BrF3N2O4. The summed E-state index contributed by atoms with van der Waals surface area (Å²) in [6.07, 6.45) is -4.19. The molecule has 0 N–H and O–H groups in total. The smallest absolute Gasteiger partial charge is 0.478 e. The van der Waals surface area contributed by atoms with E-state index in [1.807, 2.05) is 0 Å². The Morgan fingerprint density at radius 3 is 2.56 bits per heavy atom. The van der Waals surface area contributed by atoms with Crippen molar-refractivity contribution in [1.29, 1.82) is 0 Å². The second kappa shape index (κ2) is 5.38. The van der Waals surface area contributed by atoms with E-state index in [0.29, 0.717) is 0 Å². The topological polar surface area (TPSA) is 74.5 Å². The number of methoxy groups -OCH3 is 1. The zero-order valence-electron chi connectivity index (χ0n) is 8.82. The Labute approximate surface area is 107 Å². The predicted molar refractivity (Wildman–Crippen MR) is 56.8 cm³/mol. The van der Waals surface area contributed by atoms with Crippen LogP contribution in [-0.2, 0) is 5.33 Å². The minimum atomic E-state index is -5.00. The van der Waals surface area contributed by atoms with E-state index in [1.54, 1.807) is 0 Å². The van der Waals surface area contributed by atoms with Gasteiger partial charge in [-0.1, -0.05) is 15.9 Å². The van der Waals surface area contributed by atoms with Crippen molar-refractivity contribution < 1.29 is 27.6 Å². The first kappa shape index (κ1) is 14.5. The molecule has 18 heavy (non-hydrogen) atoms. The summed E-state index contributed by atoms with van der Waals surface area (Å²) in [6.45, 7) is 0. The minimum absolute atomic E-state index is 0.215. The summed E-state index contributed by atoms with van der Waals surface area (Å²) < 4.78 is 45.0. The van der Waals surface area contributed by atoms with Gasteiger partial charge in [0.15, 0.2) is 0 Å². The van der Waals surface area contributed by atoms with Crippen LogP contribution in [0.2, 0.25) is 0 Å². The monoisotopic (exact) mass is 330 g/mol. The van der Waals surface area contributed by atoms with Crippen molar-refractivity contribution in [2.24, 2.45) is 0 Å². The lowest BCUT2D eigenvalue weighted by atomic mass is 10.2. The van der Waals surface area contributed by atoms with Gasteiger partial charge in [-0.3, -0.25) is 10.1 Å². The SMILES string of the molecule is COc1ncc([N+](=O)[O-])c(CBr)c1OC(F)(F)F. The van der Waals surface area contributed by atoms with E-state index in [9.17, 15) is 23.3 Å². The second-order valence-electron chi connectivity index (χ2n) is 2.90. The van der Waals surface area contributed by atoms with Gasteiger partial charge < -0.3 is 9.47 Å². The normalized spacial score (nSPS) is 11.2. The number of aromatic nitrogens is 1. The van der Waals surface area contributed by atoms with Gasteiger partial charge >= 0.3 is 6.36 Å². The van der Waals surface area contributed by atoms with Crippen molar-refractivity contribution in [1.82, 2.24) is 4.98 Å². The van der Waals surface area contributed by atoms with Gasteiger partial charge in [-0.15, -0.1) is 13.2 Å². The maximum Gasteiger partial charge on any atom is 0.573 e. The number of alkyl halides is 4. The van der Waals surface area contributed by atoms with Crippen LogP contribution in [0, 0.1) is 10.1 Å². The fourth-order valence-electron chi connectivity index (χ4n) is 1.15.